The Balaban J connectivity index is 1.35. The van der Waals surface area contributed by atoms with Gasteiger partial charge in [-0.1, -0.05) is 40.5 Å². The van der Waals surface area contributed by atoms with Crippen LogP contribution in [0.1, 0.15) is 41.6 Å². The summed E-state index contributed by atoms with van der Waals surface area (Å²) >= 11 is 6.21. The van der Waals surface area contributed by atoms with Crippen molar-refractivity contribution in [1.29, 1.82) is 0 Å². The first-order chi connectivity index (χ1) is 16.4. The van der Waals surface area contributed by atoms with Gasteiger partial charge in [-0.3, -0.25) is 9.69 Å². The van der Waals surface area contributed by atoms with Crippen molar-refractivity contribution in [2.24, 2.45) is 5.92 Å². The summed E-state index contributed by atoms with van der Waals surface area (Å²) in [6.45, 7) is 5.95. The first-order valence-electron chi connectivity index (χ1n) is 11.3. The van der Waals surface area contributed by atoms with Crippen molar-refractivity contribution >= 4 is 29.2 Å². The molecule has 1 aliphatic heterocycles. The molecule has 1 saturated heterocycles. The van der Waals surface area contributed by atoms with Gasteiger partial charge in [0.15, 0.2) is 0 Å². The van der Waals surface area contributed by atoms with E-state index >= 15 is 0 Å². The molecule has 1 aliphatic rings. The number of amides is 1. The summed E-state index contributed by atoms with van der Waals surface area (Å²) < 4.78 is 10.4. The van der Waals surface area contributed by atoms with Crippen molar-refractivity contribution in [2.45, 2.75) is 33.2 Å². The van der Waals surface area contributed by atoms with Crippen LogP contribution in [0.4, 0.5) is 5.69 Å². The highest BCUT2D eigenvalue weighted by molar-refractivity contribution is 6.34. The Bertz CT molecular complexity index is 1180. The summed E-state index contributed by atoms with van der Waals surface area (Å²) in [4.78, 5) is 31.5. The average molecular weight is 483 g/mol. The first-order valence-corrected chi connectivity index (χ1v) is 11.7. The monoisotopic (exact) mass is 482 g/mol. The van der Waals surface area contributed by atoms with Crippen molar-refractivity contribution in [3.05, 3.63) is 64.5 Å². The number of benzene rings is 2. The number of carbonyl (C=O) groups excluding carboxylic acids is 2. The molecular formula is C25H27ClN4O4. The van der Waals surface area contributed by atoms with Crippen LogP contribution in [-0.4, -0.2) is 46.6 Å². The molecule has 0 aliphatic carbocycles. The van der Waals surface area contributed by atoms with Gasteiger partial charge in [0.2, 0.25) is 17.6 Å². The fourth-order valence-corrected chi connectivity index (χ4v) is 4.29. The lowest BCUT2D eigenvalue weighted by Crippen LogP contribution is -2.40. The normalized spacial score (nSPS) is 16.3. The second kappa shape index (κ2) is 10.8. The molecule has 1 atom stereocenters. The lowest BCUT2D eigenvalue weighted by atomic mass is 9.97. The average Bonchev–Trinajstić information content (AvgIpc) is 3.28. The predicted molar refractivity (Wildman–Crippen MR) is 129 cm³/mol. The van der Waals surface area contributed by atoms with Gasteiger partial charge in [-0.05, 0) is 57.5 Å². The Morgan fingerprint density at radius 3 is 2.88 bits per heavy atom. The number of nitrogens with one attached hydrogen (secondary N) is 1. The van der Waals surface area contributed by atoms with E-state index in [4.69, 9.17) is 20.9 Å². The molecule has 1 aromatic heterocycles. The standard InChI is InChI=1S/C25H27ClN4O4/c1-3-33-25(32)20-10-9-19(13-21(20)26)27-24(31)18-8-5-11-30(14-18)15-22-28-23(29-34-22)17-7-4-6-16(2)12-17/h4,6-7,9-10,12-13,18H,3,5,8,11,14-15H2,1-2H3,(H,27,31). The quantitative estimate of drug-likeness (QED) is 0.486. The molecule has 4 rings (SSSR count). The Kier molecular flexibility index (Phi) is 7.59. The summed E-state index contributed by atoms with van der Waals surface area (Å²) in [5.74, 6) is 0.332. The van der Waals surface area contributed by atoms with Gasteiger partial charge in [0.25, 0.3) is 0 Å². The van der Waals surface area contributed by atoms with Crippen LogP contribution in [0.15, 0.2) is 47.0 Å². The van der Waals surface area contributed by atoms with Gasteiger partial charge in [-0.15, -0.1) is 0 Å². The summed E-state index contributed by atoms with van der Waals surface area (Å²) in [7, 11) is 0. The highest BCUT2D eigenvalue weighted by atomic mass is 35.5. The van der Waals surface area contributed by atoms with E-state index in [9.17, 15) is 9.59 Å². The molecule has 1 unspecified atom stereocenters. The van der Waals surface area contributed by atoms with E-state index in [0.717, 1.165) is 30.5 Å². The number of carbonyl (C=O) groups is 2. The molecule has 9 heteroatoms. The second-order valence-electron chi connectivity index (χ2n) is 8.36. The van der Waals surface area contributed by atoms with Gasteiger partial charge in [-0.2, -0.15) is 4.98 Å². The zero-order valence-electron chi connectivity index (χ0n) is 19.2. The number of hydrogen-bond donors (Lipinski definition) is 1. The third-order valence-electron chi connectivity index (χ3n) is 5.71. The molecule has 0 saturated carbocycles. The number of nitrogens with zero attached hydrogens (tertiary/aromatic N) is 3. The number of esters is 1. The minimum Gasteiger partial charge on any atom is -0.462 e. The number of anilines is 1. The molecule has 0 radical (unpaired) electrons. The SMILES string of the molecule is CCOC(=O)c1ccc(NC(=O)C2CCCN(Cc3nc(-c4cccc(C)c4)no3)C2)cc1Cl. The van der Waals surface area contributed by atoms with Crippen LogP contribution in [0.3, 0.4) is 0 Å². The molecule has 2 heterocycles. The van der Waals surface area contributed by atoms with E-state index < -0.39 is 5.97 Å². The van der Waals surface area contributed by atoms with E-state index in [-0.39, 0.29) is 29.0 Å². The lowest BCUT2D eigenvalue weighted by Gasteiger charge is -2.30. The van der Waals surface area contributed by atoms with Crippen molar-refractivity contribution < 1.29 is 18.8 Å². The number of piperidine rings is 1. The number of aromatic nitrogens is 2. The molecule has 0 spiro atoms. The maximum atomic E-state index is 12.9. The van der Waals surface area contributed by atoms with E-state index in [1.165, 1.54) is 0 Å². The van der Waals surface area contributed by atoms with Crippen LogP contribution in [0.2, 0.25) is 5.02 Å². The molecule has 1 fully saturated rings. The fraction of sp³-hybridized carbons (Fsp3) is 0.360. The van der Waals surface area contributed by atoms with Crippen molar-refractivity contribution in [1.82, 2.24) is 15.0 Å². The van der Waals surface area contributed by atoms with Gasteiger partial charge >= 0.3 is 5.97 Å². The van der Waals surface area contributed by atoms with Gasteiger partial charge < -0.3 is 14.6 Å². The van der Waals surface area contributed by atoms with E-state index in [0.29, 0.717) is 30.5 Å². The van der Waals surface area contributed by atoms with Gasteiger partial charge in [-0.25, -0.2) is 4.79 Å². The number of likely N-dealkylation sites (tertiary alicyclic amines) is 1. The van der Waals surface area contributed by atoms with E-state index in [1.54, 1.807) is 25.1 Å². The molecule has 0 bridgehead atoms. The van der Waals surface area contributed by atoms with Crippen LogP contribution in [0.5, 0.6) is 0 Å². The van der Waals surface area contributed by atoms with Crippen LogP contribution in [-0.2, 0) is 16.1 Å². The van der Waals surface area contributed by atoms with Crippen LogP contribution in [0.25, 0.3) is 11.4 Å². The third kappa shape index (κ3) is 5.81. The number of rotatable bonds is 7. The molecule has 178 valence electrons. The zero-order valence-corrected chi connectivity index (χ0v) is 20.0. The first kappa shape index (κ1) is 23.9. The minimum atomic E-state index is -0.486. The minimum absolute atomic E-state index is 0.0874. The largest absolute Gasteiger partial charge is 0.462 e. The molecule has 2 aromatic carbocycles. The number of ether oxygens (including phenoxy) is 1. The topological polar surface area (TPSA) is 97.6 Å². The number of aryl methyl sites for hydroxylation is 1. The van der Waals surface area contributed by atoms with Gasteiger partial charge in [0.05, 0.1) is 29.7 Å². The molecule has 34 heavy (non-hydrogen) atoms. The summed E-state index contributed by atoms with van der Waals surface area (Å²) in [5.41, 5.74) is 2.86. The van der Waals surface area contributed by atoms with Gasteiger partial charge in [0, 0.05) is 17.8 Å². The van der Waals surface area contributed by atoms with Crippen molar-refractivity contribution in [3.8, 4) is 11.4 Å². The lowest BCUT2D eigenvalue weighted by molar-refractivity contribution is -0.121. The Labute approximate surface area is 203 Å². The maximum absolute atomic E-state index is 12.9. The number of hydrogen-bond acceptors (Lipinski definition) is 7. The van der Waals surface area contributed by atoms with Crippen LogP contribution >= 0.6 is 11.6 Å². The van der Waals surface area contributed by atoms with Crippen LogP contribution < -0.4 is 5.32 Å². The van der Waals surface area contributed by atoms with Crippen LogP contribution in [0, 0.1) is 12.8 Å². The molecule has 3 aromatic rings. The second-order valence-corrected chi connectivity index (χ2v) is 8.77. The maximum Gasteiger partial charge on any atom is 0.339 e. The molecule has 1 N–H and O–H groups in total. The predicted octanol–water partition coefficient (Wildman–Crippen LogP) is 4.73. The summed E-state index contributed by atoms with van der Waals surface area (Å²) in [6.07, 6.45) is 1.68. The van der Waals surface area contributed by atoms with Crippen molar-refractivity contribution in [2.75, 3.05) is 25.0 Å². The third-order valence-corrected chi connectivity index (χ3v) is 6.02. The Morgan fingerprint density at radius 2 is 2.12 bits per heavy atom. The van der Waals surface area contributed by atoms with E-state index in [1.807, 2.05) is 31.2 Å². The highest BCUT2D eigenvalue weighted by Gasteiger charge is 2.27. The van der Waals surface area contributed by atoms with Crippen molar-refractivity contribution in [3.63, 3.8) is 0 Å². The number of halogens is 1. The molecule has 8 nitrogen and oxygen atoms in total. The fourth-order valence-electron chi connectivity index (χ4n) is 4.04. The smallest absolute Gasteiger partial charge is 0.339 e. The Hall–Kier alpha value is -3.23. The Morgan fingerprint density at radius 1 is 1.26 bits per heavy atom. The highest BCUT2D eigenvalue weighted by Crippen LogP contribution is 2.25. The summed E-state index contributed by atoms with van der Waals surface area (Å²) in [5, 5.41) is 7.26. The molecule has 1 amide bonds. The summed E-state index contributed by atoms with van der Waals surface area (Å²) in [6, 6.07) is 12.7. The van der Waals surface area contributed by atoms with E-state index in [2.05, 4.69) is 20.4 Å². The molecular weight excluding hydrogens is 456 g/mol. The van der Waals surface area contributed by atoms with Gasteiger partial charge in [0.1, 0.15) is 0 Å². The zero-order chi connectivity index (χ0) is 24.1.